The summed E-state index contributed by atoms with van der Waals surface area (Å²) in [6.07, 6.45) is -4.88. The quantitative estimate of drug-likeness (QED) is 0.496. The van der Waals surface area contributed by atoms with Crippen LogP contribution in [0.1, 0.15) is 40.1 Å². The lowest BCUT2D eigenvalue weighted by molar-refractivity contribution is -0.173. The predicted molar refractivity (Wildman–Crippen MR) is 120 cm³/mol. The van der Waals surface area contributed by atoms with E-state index >= 15 is 0 Å². The summed E-state index contributed by atoms with van der Waals surface area (Å²) in [6, 6.07) is 10.6. The zero-order chi connectivity index (χ0) is 24.5. The van der Waals surface area contributed by atoms with Crippen LogP contribution >= 0.6 is 11.6 Å². The van der Waals surface area contributed by atoms with Crippen molar-refractivity contribution >= 4 is 23.3 Å². The molecule has 0 aliphatic carbocycles. The van der Waals surface area contributed by atoms with Gasteiger partial charge in [0, 0.05) is 24.1 Å². The fourth-order valence-electron chi connectivity index (χ4n) is 3.88. The van der Waals surface area contributed by atoms with Gasteiger partial charge >= 0.3 is 6.18 Å². The van der Waals surface area contributed by atoms with E-state index in [9.17, 15) is 18.0 Å². The molecule has 1 aromatic heterocycles. The maximum absolute atomic E-state index is 13.9. The summed E-state index contributed by atoms with van der Waals surface area (Å²) in [7, 11) is 2.93. The molecule has 0 radical (unpaired) electrons. The van der Waals surface area contributed by atoms with E-state index in [1.165, 1.54) is 20.3 Å². The fraction of sp³-hybridized carbons (Fsp3) is 0.304. The van der Waals surface area contributed by atoms with Crippen LogP contribution in [0.15, 0.2) is 48.5 Å². The van der Waals surface area contributed by atoms with Crippen molar-refractivity contribution in [3.05, 3.63) is 70.4 Å². The molecular formula is C23H22ClF3N4O3. The summed E-state index contributed by atoms with van der Waals surface area (Å²) < 4.78 is 53.2. The summed E-state index contributed by atoms with van der Waals surface area (Å²) >= 11 is 6.10. The van der Waals surface area contributed by atoms with Crippen LogP contribution in [0, 0.1) is 0 Å². The van der Waals surface area contributed by atoms with Gasteiger partial charge in [-0.1, -0.05) is 35.9 Å². The molecule has 1 amide bonds. The molecule has 2 aromatic carbocycles. The molecule has 7 nitrogen and oxygen atoms in total. The Balaban J connectivity index is 1.60. The first-order valence-corrected chi connectivity index (χ1v) is 10.8. The largest absolute Gasteiger partial charge is 0.493 e. The Hall–Kier alpha value is -3.40. The van der Waals surface area contributed by atoms with Crippen molar-refractivity contribution in [1.82, 2.24) is 15.1 Å². The predicted octanol–water partition coefficient (Wildman–Crippen LogP) is 5.14. The lowest BCUT2D eigenvalue weighted by Gasteiger charge is -2.33. The van der Waals surface area contributed by atoms with Crippen molar-refractivity contribution in [1.29, 1.82) is 0 Å². The number of hydrogen-bond donors (Lipinski definition) is 2. The Labute approximate surface area is 198 Å². The molecular weight excluding hydrogens is 473 g/mol. The number of nitrogens with zero attached hydrogens (tertiary/aromatic N) is 2. The van der Waals surface area contributed by atoms with E-state index in [0.29, 0.717) is 27.6 Å². The van der Waals surface area contributed by atoms with E-state index in [-0.39, 0.29) is 24.5 Å². The van der Waals surface area contributed by atoms with Gasteiger partial charge in [0.05, 0.1) is 20.3 Å². The van der Waals surface area contributed by atoms with Gasteiger partial charge in [0.2, 0.25) is 0 Å². The Bertz CT molecular complexity index is 1200. The average Bonchev–Trinajstić information content (AvgIpc) is 3.26. The molecule has 1 aliphatic heterocycles. The third-order valence-corrected chi connectivity index (χ3v) is 6.00. The number of benzene rings is 2. The molecule has 1 aliphatic rings. The minimum atomic E-state index is -4.57. The number of nitrogens with one attached hydrogen (secondary N) is 2. The first kappa shape index (κ1) is 23.7. The molecule has 11 heteroatoms. The second-order valence-electron chi connectivity index (χ2n) is 7.74. The van der Waals surface area contributed by atoms with E-state index in [2.05, 4.69) is 15.7 Å². The Morgan fingerprint density at radius 2 is 1.91 bits per heavy atom. The van der Waals surface area contributed by atoms with E-state index in [0.717, 1.165) is 4.68 Å². The second-order valence-corrected chi connectivity index (χ2v) is 8.15. The number of rotatable bonds is 6. The number of amides is 1. The van der Waals surface area contributed by atoms with Crippen molar-refractivity contribution in [3.8, 4) is 11.5 Å². The molecule has 2 N–H and O–H groups in total. The Morgan fingerprint density at radius 1 is 1.18 bits per heavy atom. The number of ether oxygens (including phenoxy) is 2. The normalized spacial score (nSPS) is 17.5. The highest BCUT2D eigenvalue weighted by Crippen LogP contribution is 2.44. The molecule has 0 saturated carbocycles. The van der Waals surface area contributed by atoms with Gasteiger partial charge in [-0.2, -0.15) is 18.3 Å². The number of anilines is 1. The van der Waals surface area contributed by atoms with Gasteiger partial charge in [-0.25, -0.2) is 4.68 Å². The fourth-order valence-corrected chi connectivity index (χ4v) is 4.08. The number of carbonyl (C=O) groups is 1. The highest BCUT2D eigenvalue weighted by Gasteiger charge is 2.47. The van der Waals surface area contributed by atoms with Crippen LogP contribution in [-0.4, -0.2) is 36.1 Å². The van der Waals surface area contributed by atoms with Gasteiger partial charge in [0.25, 0.3) is 5.91 Å². The Kier molecular flexibility index (Phi) is 6.60. The summed E-state index contributed by atoms with van der Waals surface area (Å²) in [5.41, 5.74) is 1.14. The van der Waals surface area contributed by atoms with E-state index in [1.54, 1.807) is 42.5 Å². The summed E-state index contributed by atoms with van der Waals surface area (Å²) in [4.78, 5) is 12.6. The number of alkyl halides is 3. The first-order chi connectivity index (χ1) is 16.2. The van der Waals surface area contributed by atoms with E-state index in [1.807, 2.05) is 0 Å². The van der Waals surface area contributed by atoms with Crippen molar-refractivity contribution in [2.24, 2.45) is 0 Å². The van der Waals surface area contributed by atoms with Crippen LogP contribution in [0.5, 0.6) is 11.5 Å². The zero-order valence-electron chi connectivity index (χ0n) is 18.3. The van der Waals surface area contributed by atoms with Gasteiger partial charge in [0.1, 0.15) is 5.82 Å². The van der Waals surface area contributed by atoms with Gasteiger partial charge in [-0.15, -0.1) is 0 Å². The maximum Gasteiger partial charge on any atom is 0.410 e. The molecule has 2 heterocycles. The van der Waals surface area contributed by atoms with Crippen LogP contribution in [-0.2, 0) is 6.54 Å². The van der Waals surface area contributed by atoms with Crippen LogP contribution in [0.25, 0.3) is 0 Å². The number of halogens is 4. The van der Waals surface area contributed by atoms with Crippen LogP contribution < -0.4 is 20.1 Å². The minimum Gasteiger partial charge on any atom is -0.493 e. The maximum atomic E-state index is 13.9. The first-order valence-electron chi connectivity index (χ1n) is 10.4. The molecule has 3 aromatic rings. The highest BCUT2D eigenvalue weighted by atomic mass is 35.5. The average molecular weight is 495 g/mol. The monoisotopic (exact) mass is 494 g/mol. The van der Waals surface area contributed by atoms with Gasteiger partial charge < -0.3 is 20.1 Å². The summed E-state index contributed by atoms with van der Waals surface area (Å²) in [6.45, 7) is 0.116. The molecule has 180 valence electrons. The molecule has 0 saturated heterocycles. The summed E-state index contributed by atoms with van der Waals surface area (Å²) in [5, 5.41) is 10.2. The van der Waals surface area contributed by atoms with Crippen molar-refractivity contribution in [2.75, 3.05) is 19.5 Å². The smallest absolute Gasteiger partial charge is 0.410 e. The van der Waals surface area contributed by atoms with Gasteiger partial charge in [-0.3, -0.25) is 4.79 Å². The molecule has 34 heavy (non-hydrogen) atoms. The second kappa shape index (κ2) is 9.46. The summed E-state index contributed by atoms with van der Waals surface area (Å²) in [5.74, 6) is 0.365. The minimum absolute atomic E-state index is 0.0938. The molecule has 0 unspecified atom stereocenters. The molecule has 4 rings (SSSR count). The van der Waals surface area contributed by atoms with Crippen LogP contribution in [0.4, 0.5) is 19.0 Å². The molecule has 0 spiro atoms. The SMILES string of the molecule is COc1ccc([C@@H]2C[C@@H](C(F)(F)F)n3nc(C(=O)NCc4ccccc4Cl)cc3N2)cc1OC. The van der Waals surface area contributed by atoms with Crippen molar-refractivity contribution in [3.63, 3.8) is 0 Å². The number of methoxy groups -OCH3 is 2. The van der Waals surface area contributed by atoms with Crippen LogP contribution in [0.3, 0.4) is 0 Å². The lowest BCUT2D eigenvalue weighted by atomic mass is 9.96. The Morgan fingerprint density at radius 3 is 2.59 bits per heavy atom. The third kappa shape index (κ3) is 4.77. The standard InChI is InChI=1S/C23H22ClF3N4O3/c1-33-18-8-7-13(9-19(18)34-2)16-10-20(23(25,26)27)31-21(29-16)11-17(30-31)22(32)28-12-14-5-3-4-6-15(14)24/h3-9,11,16,20,29H,10,12H2,1-2H3,(H,28,32)/t16-,20-/m0/s1. The lowest BCUT2D eigenvalue weighted by Crippen LogP contribution is -2.35. The molecule has 0 bridgehead atoms. The van der Waals surface area contributed by atoms with Crippen LogP contribution in [0.2, 0.25) is 5.02 Å². The molecule has 0 fully saturated rings. The number of carbonyl (C=O) groups excluding carboxylic acids is 1. The van der Waals surface area contributed by atoms with Gasteiger partial charge in [0.15, 0.2) is 23.2 Å². The zero-order valence-corrected chi connectivity index (χ0v) is 19.1. The van der Waals surface area contributed by atoms with Crippen molar-refractivity contribution in [2.45, 2.75) is 31.2 Å². The number of hydrogen-bond acceptors (Lipinski definition) is 5. The van der Waals surface area contributed by atoms with Gasteiger partial charge in [-0.05, 0) is 29.3 Å². The van der Waals surface area contributed by atoms with Crippen molar-refractivity contribution < 1.29 is 27.4 Å². The highest BCUT2D eigenvalue weighted by molar-refractivity contribution is 6.31. The topological polar surface area (TPSA) is 77.4 Å². The number of aromatic nitrogens is 2. The third-order valence-electron chi connectivity index (χ3n) is 5.63. The molecule has 2 atom stereocenters. The van der Waals surface area contributed by atoms with E-state index < -0.39 is 24.2 Å². The number of fused-ring (bicyclic) bond motifs is 1. The van der Waals surface area contributed by atoms with E-state index in [4.69, 9.17) is 21.1 Å².